The van der Waals surface area contributed by atoms with Crippen molar-refractivity contribution in [1.82, 2.24) is 0 Å². The van der Waals surface area contributed by atoms with Gasteiger partial charge in [0.25, 0.3) is 0 Å². The molecular weight excluding hydrogens is 297 g/mol. The van der Waals surface area contributed by atoms with Gasteiger partial charge in [-0.1, -0.05) is 38.1 Å². The summed E-state index contributed by atoms with van der Waals surface area (Å²) >= 11 is 0. The molecule has 1 atom stereocenters. The minimum atomic E-state index is -4.30. The van der Waals surface area contributed by atoms with E-state index in [1.165, 1.54) is 18.6 Å². The zero-order chi connectivity index (χ0) is 17.4. The molecule has 2 aromatic rings. The molecule has 0 saturated heterocycles. The highest BCUT2D eigenvalue weighted by molar-refractivity contribution is 5.72. The lowest BCUT2D eigenvalue weighted by atomic mass is 9.88. The van der Waals surface area contributed by atoms with Gasteiger partial charge in [-0.2, -0.15) is 13.2 Å². The van der Waals surface area contributed by atoms with Crippen molar-refractivity contribution in [3.63, 3.8) is 0 Å². The van der Waals surface area contributed by atoms with Crippen molar-refractivity contribution in [3.05, 3.63) is 58.1 Å². The molecule has 0 aromatic heterocycles. The third-order valence-electron chi connectivity index (χ3n) is 4.56. The number of benzene rings is 2. The molecule has 2 aromatic carbocycles. The van der Waals surface area contributed by atoms with Crippen molar-refractivity contribution in [2.75, 3.05) is 0 Å². The zero-order valence-electron chi connectivity index (χ0n) is 14.3. The summed E-state index contributed by atoms with van der Waals surface area (Å²) in [5.41, 5.74) is 5.09. The van der Waals surface area contributed by atoms with Crippen LogP contribution in [0.2, 0.25) is 0 Å². The topological polar surface area (TPSA) is 0 Å². The molecule has 1 unspecified atom stereocenters. The third-order valence-corrected chi connectivity index (χ3v) is 4.56. The van der Waals surface area contributed by atoms with Crippen molar-refractivity contribution in [2.24, 2.45) is 0 Å². The highest BCUT2D eigenvalue weighted by Gasteiger charge is 2.32. The van der Waals surface area contributed by atoms with Gasteiger partial charge in [-0.15, -0.1) is 0 Å². The molecule has 0 aliphatic carbocycles. The minimum Gasteiger partial charge on any atom is -0.166 e. The molecular formula is C20H23F3. The lowest BCUT2D eigenvalue weighted by Crippen LogP contribution is -2.07. The Kier molecular flexibility index (Phi) is 4.88. The minimum absolute atomic E-state index is 0.264. The highest BCUT2D eigenvalue weighted by Crippen LogP contribution is 2.36. The van der Waals surface area contributed by atoms with E-state index in [4.69, 9.17) is 0 Å². The van der Waals surface area contributed by atoms with E-state index in [0.29, 0.717) is 5.92 Å². The number of hydrogen-bond donors (Lipinski definition) is 0. The number of halogens is 3. The van der Waals surface area contributed by atoms with E-state index in [1.807, 2.05) is 13.8 Å². The van der Waals surface area contributed by atoms with Gasteiger partial charge in [0.1, 0.15) is 0 Å². The van der Waals surface area contributed by atoms with Crippen LogP contribution >= 0.6 is 0 Å². The second-order valence-corrected chi connectivity index (χ2v) is 6.37. The molecule has 0 aliphatic heterocycles. The molecule has 124 valence electrons. The lowest BCUT2D eigenvalue weighted by molar-refractivity contribution is -0.138. The molecule has 23 heavy (non-hydrogen) atoms. The molecule has 0 fully saturated rings. The number of aryl methyl sites for hydroxylation is 3. The molecule has 0 saturated carbocycles. The van der Waals surface area contributed by atoms with Crippen LogP contribution in [0.5, 0.6) is 0 Å². The molecule has 0 bridgehead atoms. The van der Waals surface area contributed by atoms with Crippen LogP contribution in [-0.4, -0.2) is 0 Å². The van der Waals surface area contributed by atoms with Gasteiger partial charge in [-0.05, 0) is 72.6 Å². The van der Waals surface area contributed by atoms with Crippen LogP contribution in [0.1, 0.15) is 54.0 Å². The average Bonchev–Trinajstić information content (AvgIpc) is 2.44. The number of hydrogen-bond acceptors (Lipinski definition) is 0. The first kappa shape index (κ1) is 17.6. The Morgan fingerprint density at radius 3 is 1.91 bits per heavy atom. The van der Waals surface area contributed by atoms with Gasteiger partial charge >= 0.3 is 6.18 Å². The van der Waals surface area contributed by atoms with Crippen molar-refractivity contribution >= 4 is 0 Å². The quantitative estimate of drug-likeness (QED) is 0.582. The first-order valence-electron chi connectivity index (χ1n) is 7.94. The predicted octanol–water partition coefficient (Wildman–Crippen LogP) is 6.81. The van der Waals surface area contributed by atoms with E-state index in [-0.39, 0.29) is 5.56 Å². The summed E-state index contributed by atoms with van der Waals surface area (Å²) in [5.74, 6) is 0.482. The Balaban J connectivity index is 2.53. The zero-order valence-corrected chi connectivity index (χ0v) is 14.3. The fraction of sp³-hybridized carbons (Fsp3) is 0.400. The van der Waals surface area contributed by atoms with E-state index >= 15 is 0 Å². The Morgan fingerprint density at radius 1 is 0.913 bits per heavy atom. The first-order valence-corrected chi connectivity index (χ1v) is 7.94. The van der Waals surface area contributed by atoms with Crippen molar-refractivity contribution in [2.45, 2.75) is 53.1 Å². The molecule has 2 rings (SSSR count). The summed E-state index contributed by atoms with van der Waals surface area (Å²) in [6.45, 7) is 9.92. The van der Waals surface area contributed by atoms with Crippen molar-refractivity contribution in [3.8, 4) is 11.1 Å². The number of alkyl halides is 3. The molecule has 0 radical (unpaired) electrons. The van der Waals surface area contributed by atoms with E-state index < -0.39 is 11.7 Å². The Labute approximate surface area is 136 Å². The fourth-order valence-electron chi connectivity index (χ4n) is 3.11. The first-order chi connectivity index (χ1) is 10.6. The molecule has 0 aliphatic rings. The van der Waals surface area contributed by atoms with Crippen LogP contribution in [0.25, 0.3) is 11.1 Å². The standard InChI is InChI=1S/C20H23F3/c1-6-12(2)17-10-14(4)19(15(5)11-17)16-7-8-18(13(3)9-16)20(21,22)23/h7-12H,6H2,1-5H3. The van der Waals surface area contributed by atoms with Crippen LogP contribution in [0.4, 0.5) is 13.2 Å². The van der Waals surface area contributed by atoms with Crippen LogP contribution in [0, 0.1) is 20.8 Å². The maximum atomic E-state index is 12.9. The molecule has 0 heterocycles. The Morgan fingerprint density at radius 2 is 1.48 bits per heavy atom. The lowest BCUT2D eigenvalue weighted by Gasteiger charge is -2.18. The summed E-state index contributed by atoms with van der Waals surface area (Å²) in [6, 6.07) is 8.72. The maximum absolute atomic E-state index is 12.9. The third kappa shape index (κ3) is 3.60. The van der Waals surface area contributed by atoms with E-state index in [1.54, 1.807) is 12.1 Å². The van der Waals surface area contributed by atoms with E-state index in [9.17, 15) is 13.2 Å². The molecule has 0 spiro atoms. The largest absolute Gasteiger partial charge is 0.416 e. The van der Waals surface area contributed by atoms with Crippen molar-refractivity contribution in [1.29, 1.82) is 0 Å². The van der Waals surface area contributed by atoms with Crippen LogP contribution in [0.3, 0.4) is 0 Å². The van der Waals surface area contributed by atoms with Crippen molar-refractivity contribution < 1.29 is 13.2 Å². The fourth-order valence-corrected chi connectivity index (χ4v) is 3.11. The second-order valence-electron chi connectivity index (χ2n) is 6.37. The summed E-state index contributed by atoms with van der Waals surface area (Å²) in [5, 5.41) is 0. The highest BCUT2D eigenvalue weighted by atomic mass is 19.4. The van der Waals surface area contributed by atoms with Gasteiger partial charge < -0.3 is 0 Å². The number of rotatable bonds is 3. The van der Waals surface area contributed by atoms with Gasteiger partial charge in [0.05, 0.1) is 5.56 Å². The molecule has 0 nitrogen and oxygen atoms in total. The monoisotopic (exact) mass is 320 g/mol. The van der Waals surface area contributed by atoms with Crippen LogP contribution < -0.4 is 0 Å². The summed E-state index contributed by atoms with van der Waals surface area (Å²) in [4.78, 5) is 0. The summed E-state index contributed by atoms with van der Waals surface area (Å²) in [7, 11) is 0. The van der Waals surface area contributed by atoms with Crippen LogP contribution in [-0.2, 0) is 6.18 Å². The van der Waals surface area contributed by atoms with E-state index in [2.05, 4.69) is 26.0 Å². The smallest absolute Gasteiger partial charge is 0.166 e. The predicted molar refractivity (Wildman–Crippen MR) is 89.8 cm³/mol. The summed E-state index contributed by atoms with van der Waals surface area (Å²) in [6.07, 6.45) is -3.23. The van der Waals surface area contributed by atoms with Gasteiger partial charge in [0, 0.05) is 0 Å². The van der Waals surface area contributed by atoms with Crippen LogP contribution in [0.15, 0.2) is 30.3 Å². The van der Waals surface area contributed by atoms with Gasteiger partial charge in [0.15, 0.2) is 0 Å². The molecule has 0 amide bonds. The SMILES string of the molecule is CCC(C)c1cc(C)c(-c2ccc(C(F)(F)F)c(C)c2)c(C)c1. The maximum Gasteiger partial charge on any atom is 0.416 e. The second kappa shape index (κ2) is 6.38. The summed E-state index contributed by atoms with van der Waals surface area (Å²) < 4.78 is 38.8. The Bertz CT molecular complexity index is 688. The Hall–Kier alpha value is -1.77. The molecule has 3 heteroatoms. The van der Waals surface area contributed by atoms with E-state index in [0.717, 1.165) is 28.7 Å². The van der Waals surface area contributed by atoms with Gasteiger partial charge in [-0.25, -0.2) is 0 Å². The van der Waals surface area contributed by atoms with Gasteiger partial charge in [0.2, 0.25) is 0 Å². The molecule has 0 N–H and O–H groups in total. The normalized spacial score (nSPS) is 13.2. The van der Waals surface area contributed by atoms with Gasteiger partial charge in [-0.3, -0.25) is 0 Å². The average molecular weight is 320 g/mol.